The summed E-state index contributed by atoms with van der Waals surface area (Å²) in [6.07, 6.45) is 0. The number of nitrogens with two attached hydrogens (primary N) is 1. The van der Waals surface area contributed by atoms with Crippen molar-refractivity contribution in [3.05, 3.63) is 0 Å². The summed E-state index contributed by atoms with van der Waals surface area (Å²) < 4.78 is 0. The van der Waals surface area contributed by atoms with Gasteiger partial charge in [-0.2, -0.15) is 0 Å². The molecule has 0 rings (SSSR count). The van der Waals surface area contributed by atoms with E-state index in [1.165, 1.54) is 11.8 Å². The molecule has 0 aromatic heterocycles. The summed E-state index contributed by atoms with van der Waals surface area (Å²) in [5, 5.41) is 0. The second kappa shape index (κ2) is 6.50. The molecule has 0 aliphatic heterocycles. The summed E-state index contributed by atoms with van der Waals surface area (Å²) >= 11 is 0. The molecule has 0 heterocycles. The van der Waals surface area contributed by atoms with Crippen molar-refractivity contribution >= 4 is 11.7 Å². The largest absolute Gasteiger partial charge is 0.333 e. The zero-order valence-electron chi connectivity index (χ0n) is 9.12. The molecule has 5 heteroatoms. The number of Topliss-reactive ketones (excluding diaryl/α,β-unsaturated/α-hetero) is 1. The van der Waals surface area contributed by atoms with E-state index in [4.69, 9.17) is 5.73 Å². The maximum Gasteiger partial charge on any atom is 0.236 e. The Labute approximate surface area is 84.8 Å². The van der Waals surface area contributed by atoms with E-state index in [1.54, 1.807) is 0 Å². The molecular weight excluding hydrogens is 182 g/mol. The van der Waals surface area contributed by atoms with Crippen molar-refractivity contribution in [2.45, 2.75) is 6.92 Å². The Hall–Kier alpha value is -0.940. The summed E-state index contributed by atoms with van der Waals surface area (Å²) in [5.74, 6) is -0.201. The number of hydrogen-bond donors (Lipinski definition) is 1. The molecule has 0 aromatic carbocycles. The summed E-state index contributed by atoms with van der Waals surface area (Å²) in [4.78, 5) is 25.6. The first kappa shape index (κ1) is 13.1. The Balaban J connectivity index is 4.10. The molecule has 5 nitrogen and oxygen atoms in total. The molecule has 1 amide bonds. The van der Waals surface area contributed by atoms with Crippen molar-refractivity contribution in [2.75, 3.05) is 40.3 Å². The van der Waals surface area contributed by atoms with Gasteiger partial charge in [-0.05, 0) is 21.0 Å². The predicted octanol–water partition coefficient (Wildman–Crippen LogP) is -1.08. The highest BCUT2D eigenvalue weighted by molar-refractivity contribution is 5.85. The van der Waals surface area contributed by atoms with Crippen LogP contribution in [0.2, 0.25) is 0 Å². The van der Waals surface area contributed by atoms with Crippen LogP contribution in [0.5, 0.6) is 0 Å². The third kappa shape index (κ3) is 5.66. The molecule has 0 aliphatic rings. The zero-order valence-corrected chi connectivity index (χ0v) is 9.12. The number of carbonyl (C=O) groups is 2. The highest BCUT2D eigenvalue weighted by atomic mass is 16.2. The second-order valence-corrected chi connectivity index (χ2v) is 3.52. The second-order valence-electron chi connectivity index (χ2n) is 3.52. The Morgan fingerprint density at radius 1 is 1.21 bits per heavy atom. The van der Waals surface area contributed by atoms with Crippen LogP contribution in [0, 0.1) is 0 Å². The van der Waals surface area contributed by atoms with Crippen LogP contribution in [-0.4, -0.2) is 61.8 Å². The van der Waals surface area contributed by atoms with Crippen LogP contribution in [0.25, 0.3) is 0 Å². The van der Waals surface area contributed by atoms with E-state index >= 15 is 0 Å². The fraction of sp³-hybridized carbons (Fsp3) is 0.778. The van der Waals surface area contributed by atoms with Gasteiger partial charge in [0.25, 0.3) is 0 Å². The van der Waals surface area contributed by atoms with Gasteiger partial charge in [0.2, 0.25) is 5.91 Å². The molecule has 0 bridgehead atoms. The molecule has 2 N–H and O–H groups in total. The molecule has 0 fully saturated rings. The number of amides is 1. The smallest absolute Gasteiger partial charge is 0.236 e. The number of ketones is 1. The summed E-state index contributed by atoms with van der Waals surface area (Å²) in [5.41, 5.74) is 5.24. The van der Waals surface area contributed by atoms with E-state index in [2.05, 4.69) is 0 Å². The van der Waals surface area contributed by atoms with Gasteiger partial charge >= 0.3 is 0 Å². The first-order chi connectivity index (χ1) is 6.47. The molecule has 0 radical (unpaired) electrons. The van der Waals surface area contributed by atoms with Crippen molar-refractivity contribution < 1.29 is 9.59 Å². The van der Waals surface area contributed by atoms with Crippen LogP contribution in [0.1, 0.15) is 6.92 Å². The lowest BCUT2D eigenvalue weighted by molar-refractivity contribution is -0.133. The van der Waals surface area contributed by atoms with E-state index in [-0.39, 0.29) is 24.8 Å². The van der Waals surface area contributed by atoms with Crippen molar-refractivity contribution in [3.63, 3.8) is 0 Å². The fourth-order valence-electron chi connectivity index (χ4n) is 1.01. The van der Waals surface area contributed by atoms with Gasteiger partial charge in [-0.1, -0.05) is 0 Å². The number of carbonyl (C=O) groups excluding carboxylic acids is 2. The number of rotatable bonds is 6. The molecule has 0 unspecified atom stereocenters. The Morgan fingerprint density at radius 2 is 1.79 bits per heavy atom. The Kier molecular flexibility index (Phi) is 6.07. The van der Waals surface area contributed by atoms with Crippen molar-refractivity contribution in [2.24, 2.45) is 5.73 Å². The molecule has 14 heavy (non-hydrogen) atoms. The van der Waals surface area contributed by atoms with Crippen LogP contribution < -0.4 is 5.73 Å². The molecule has 0 saturated carbocycles. The molecule has 0 atom stereocenters. The van der Waals surface area contributed by atoms with Gasteiger partial charge in [0, 0.05) is 13.1 Å². The van der Waals surface area contributed by atoms with E-state index in [0.29, 0.717) is 6.54 Å². The van der Waals surface area contributed by atoms with Crippen LogP contribution in [0.4, 0.5) is 0 Å². The fourth-order valence-corrected chi connectivity index (χ4v) is 1.01. The molecule has 0 aliphatic carbocycles. The van der Waals surface area contributed by atoms with Gasteiger partial charge in [-0.25, -0.2) is 0 Å². The van der Waals surface area contributed by atoms with E-state index in [1.807, 2.05) is 19.0 Å². The standard InChI is InChI=1S/C9H19N3O2/c1-8(13)7-12(9(14)6-10)5-4-11(2)3/h4-7,10H2,1-3H3. The maximum atomic E-state index is 11.3. The van der Waals surface area contributed by atoms with E-state index in [9.17, 15) is 9.59 Å². The minimum atomic E-state index is -0.179. The van der Waals surface area contributed by atoms with Crippen molar-refractivity contribution in [1.82, 2.24) is 9.80 Å². The lowest BCUT2D eigenvalue weighted by Crippen LogP contribution is -2.42. The topological polar surface area (TPSA) is 66.6 Å². The van der Waals surface area contributed by atoms with Crippen molar-refractivity contribution in [1.29, 1.82) is 0 Å². The number of likely N-dealkylation sites (N-methyl/N-ethyl adjacent to an activating group) is 1. The van der Waals surface area contributed by atoms with Gasteiger partial charge in [-0.15, -0.1) is 0 Å². The third-order valence-corrected chi connectivity index (χ3v) is 1.76. The quantitative estimate of drug-likeness (QED) is 0.594. The first-order valence-corrected chi connectivity index (χ1v) is 4.59. The van der Waals surface area contributed by atoms with Crippen LogP contribution in [0.3, 0.4) is 0 Å². The summed E-state index contributed by atoms with van der Waals surface area (Å²) in [6.45, 7) is 2.86. The molecule has 82 valence electrons. The lowest BCUT2D eigenvalue weighted by atomic mass is 10.3. The Morgan fingerprint density at radius 3 is 2.14 bits per heavy atom. The van der Waals surface area contributed by atoms with Gasteiger partial charge in [0.15, 0.2) is 0 Å². The number of nitrogens with zero attached hydrogens (tertiary/aromatic N) is 2. The Bertz CT molecular complexity index is 204. The SMILES string of the molecule is CC(=O)CN(CCN(C)C)C(=O)CN. The van der Waals surface area contributed by atoms with E-state index < -0.39 is 0 Å². The maximum absolute atomic E-state index is 11.3. The minimum Gasteiger partial charge on any atom is -0.333 e. The summed E-state index contributed by atoms with van der Waals surface area (Å²) in [7, 11) is 3.83. The minimum absolute atomic E-state index is 0.0226. The van der Waals surface area contributed by atoms with Crippen LogP contribution in [-0.2, 0) is 9.59 Å². The molecule has 0 spiro atoms. The van der Waals surface area contributed by atoms with Gasteiger partial charge < -0.3 is 15.5 Å². The first-order valence-electron chi connectivity index (χ1n) is 4.59. The molecule has 0 saturated heterocycles. The average Bonchev–Trinajstić information content (AvgIpc) is 2.10. The van der Waals surface area contributed by atoms with Gasteiger partial charge in [0.05, 0.1) is 13.1 Å². The normalized spacial score (nSPS) is 10.4. The summed E-state index contributed by atoms with van der Waals surface area (Å²) in [6, 6.07) is 0. The lowest BCUT2D eigenvalue weighted by Gasteiger charge is -2.22. The average molecular weight is 201 g/mol. The van der Waals surface area contributed by atoms with Crippen molar-refractivity contribution in [3.8, 4) is 0 Å². The molecular formula is C9H19N3O2. The van der Waals surface area contributed by atoms with Crippen LogP contribution >= 0.6 is 0 Å². The van der Waals surface area contributed by atoms with Gasteiger partial charge in [0.1, 0.15) is 5.78 Å². The third-order valence-electron chi connectivity index (χ3n) is 1.76. The van der Waals surface area contributed by atoms with Gasteiger partial charge in [-0.3, -0.25) is 9.59 Å². The van der Waals surface area contributed by atoms with Crippen LogP contribution in [0.15, 0.2) is 0 Å². The highest BCUT2D eigenvalue weighted by Gasteiger charge is 2.13. The number of hydrogen-bond acceptors (Lipinski definition) is 4. The molecule has 0 aromatic rings. The monoisotopic (exact) mass is 201 g/mol. The zero-order chi connectivity index (χ0) is 11.1. The highest BCUT2D eigenvalue weighted by Crippen LogP contribution is 1.90. The van der Waals surface area contributed by atoms with E-state index in [0.717, 1.165) is 6.54 Å². The predicted molar refractivity (Wildman–Crippen MR) is 54.9 cm³/mol.